The van der Waals surface area contributed by atoms with Crippen LogP contribution in [-0.2, 0) is 33.7 Å². The van der Waals surface area contributed by atoms with E-state index in [-0.39, 0.29) is 19.1 Å². The Morgan fingerprint density at radius 2 is 1.67 bits per heavy atom. The van der Waals surface area contributed by atoms with Gasteiger partial charge in [-0.15, -0.1) is 0 Å². The largest absolute Gasteiger partial charge is 0.508 e. The maximum absolute atomic E-state index is 12.3. The maximum Gasteiger partial charge on any atom is 0.508 e. The van der Waals surface area contributed by atoms with Crippen molar-refractivity contribution in [2.24, 2.45) is 5.92 Å². The second-order valence-electron chi connectivity index (χ2n) is 9.31. The monoisotopic (exact) mass is 504 g/mol. The number of benzene rings is 2. The molecule has 4 N–H and O–H groups in total. The molecule has 2 aromatic carbocycles. The second-order valence-corrected chi connectivity index (χ2v) is 9.31. The number of aliphatic hydroxyl groups excluding tert-OH is 4. The number of rotatable bonds is 10. The fourth-order valence-corrected chi connectivity index (χ4v) is 3.91. The molecule has 0 radical (unpaired) electrons. The van der Waals surface area contributed by atoms with E-state index in [0.29, 0.717) is 17.7 Å². The first-order valence-electron chi connectivity index (χ1n) is 12.2. The van der Waals surface area contributed by atoms with E-state index < -0.39 is 43.5 Å². The van der Waals surface area contributed by atoms with Crippen LogP contribution in [0.15, 0.2) is 42.5 Å². The average molecular weight is 505 g/mol. The van der Waals surface area contributed by atoms with E-state index in [1.54, 1.807) is 12.1 Å². The highest BCUT2D eigenvalue weighted by atomic mass is 16.7. The summed E-state index contributed by atoms with van der Waals surface area (Å²) in [5, 5.41) is 40.6. The SMILES string of the molecule is CCc1ccc(Cc2ccc(CO)cc2O[C@@H]2[C@@H](OC(=O)OCC(C)C)[C@H](O)[C@@H](CO)O[C@H]2O)cc1. The van der Waals surface area contributed by atoms with Crippen molar-refractivity contribution in [3.63, 3.8) is 0 Å². The third-order valence-corrected chi connectivity index (χ3v) is 5.99. The van der Waals surface area contributed by atoms with Crippen LogP contribution in [-0.4, -0.2) is 70.5 Å². The van der Waals surface area contributed by atoms with Crippen LogP contribution < -0.4 is 4.74 Å². The predicted octanol–water partition coefficient (Wildman–Crippen LogP) is 2.33. The van der Waals surface area contributed by atoms with Gasteiger partial charge in [0.15, 0.2) is 18.5 Å². The van der Waals surface area contributed by atoms with Crippen molar-refractivity contribution in [3.8, 4) is 5.75 Å². The molecular weight excluding hydrogens is 468 g/mol. The van der Waals surface area contributed by atoms with Crippen LogP contribution in [0.5, 0.6) is 5.75 Å². The minimum Gasteiger partial charge on any atom is -0.481 e. The number of carbonyl (C=O) groups is 1. The first-order valence-corrected chi connectivity index (χ1v) is 12.2. The van der Waals surface area contributed by atoms with E-state index in [4.69, 9.17) is 18.9 Å². The Hall–Kier alpha value is -2.69. The lowest BCUT2D eigenvalue weighted by atomic mass is 9.98. The van der Waals surface area contributed by atoms with Gasteiger partial charge in [-0.05, 0) is 40.7 Å². The lowest BCUT2D eigenvalue weighted by molar-refractivity contribution is -0.281. The van der Waals surface area contributed by atoms with Gasteiger partial charge in [0.05, 0.1) is 19.8 Å². The Bertz CT molecular complexity index is 976. The van der Waals surface area contributed by atoms with Gasteiger partial charge in [0.1, 0.15) is 18.0 Å². The number of hydrogen-bond acceptors (Lipinski definition) is 9. The standard InChI is InChI=1S/C27H36O9/c1-4-17-5-7-18(8-6-17)11-20-10-9-19(13-28)12-21(20)34-25-24(36-27(32)33-15-16(2)3)23(30)22(14-29)35-26(25)31/h5-10,12,16,22-26,28-31H,4,11,13-15H2,1-3H3/t22-,23-,24+,25-,26-/m1/s1. The van der Waals surface area contributed by atoms with Crippen molar-refractivity contribution >= 4 is 6.16 Å². The molecule has 1 fully saturated rings. The highest BCUT2D eigenvalue weighted by Crippen LogP contribution is 2.31. The lowest BCUT2D eigenvalue weighted by Gasteiger charge is -2.41. The molecular formula is C27H36O9. The highest BCUT2D eigenvalue weighted by Gasteiger charge is 2.49. The second kappa shape index (κ2) is 13.0. The number of carbonyl (C=O) groups excluding carboxylic acids is 1. The van der Waals surface area contributed by atoms with Crippen LogP contribution >= 0.6 is 0 Å². The maximum atomic E-state index is 12.3. The molecule has 1 aliphatic rings. The molecule has 3 rings (SSSR count). The van der Waals surface area contributed by atoms with E-state index in [0.717, 1.165) is 17.5 Å². The van der Waals surface area contributed by atoms with Crippen LogP contribution in [0.3, 0.4) is 0 Å². The van der Waals surface area contributed by atoms with Gasteiger partial charge in [-0.3, -0.25) is 0 Å². The van der Waals surface area contributed by atoms with Gasteiger partial charge in [0, 0.05) is 6.42 Å². The summed E-state index contributed by atoms with van der Waals surface area (Å²) in [6, 6.07) is 13.3. The Balaban J connectivity index is 1.88. The molecule has 0 aliphatic carbocycles. The number of aryl methyl sites for hydroxylation is 1. The number of ether oxygens (including phenoxy) is 4. The summed E-state index contributed by atoms with van der Waals surface area (Å²) in [5.74, 6) is 0.391. The highest BCUT2D eigenvalue weighted by molar-refractivity contribution is 5.60. The van der Waals surface area contributed by atoms with Gasteiger partial charge < -0.3 is 39.4 Å². The molecule has 0 amide bonds. The van der Waals surface area contributed by atoms with Crippen molar-refractivity contribution in [3.05, 3.63) is 64.7 Å². The van der Waals surface area contributed by atoms with Crippen molar-refractivity contribution in [1.82, 2.24) is 0 Å². The van der Waals surface area contributed by atoms with Gasteiger partial charge in [-0.2, -0.15) is 0 Å². The van der Waals surface area contributed by atoms with Gasteiger partial charge in [0.25, 0.3) is 0 Å². The summed E-state index contributed by atoms with van der Waals surface area (Å²) >= 11 is 0. The third kappa shape index (κ3) is 7.18. The van der Waals surface area contributed by atoms with Crippen molar-refractivity contribution in [1.29, 1.82) is 0 Å². The van der Waals surface area contributed by atoms with Crippen molar-refractivity contribution in [2.45, 2.75) is 70.9 Å². The quantitative estimate of drug-likeness (QED) is 0.360. The Morgan fingerprint density at radius 3 is 2.28 bits per heavy atom. The number of hydrogen-bond donors (Lipinski definition) is 4. The van der Waals surface area contributed by atoms with E-state index in [1.165, 1.54) is 5.56 Å². The molecule has 0 bridgehead atoms. The van der Waals surface area contributed by atoms with Gasteiger partial charge in [-0.25, -0.2) is 4.79 Å². The van der Waals surface area contributed by atoms with Gasteiger partial charge >= 0.3 is 6.16 Å². The molecule has 198 valence electrons. The summed E-state index contributed by atoms with van der Waals surface area (Å²) < 4.78 is 21.8. The molecule has 1 heterocycles. The summed E-state index contributed by atoms with van der Waals surface area (Å²) in [5.41, 5.74) is 3.57. The van der Waals surface area contributed by atoms with Crippen LogP contribution in [0, 0.1) is 5.92 Å². The topological polar surface area (TPSA) is 135 Å². The molecule has 0 spiro atoms. The molecule has 1 aliphatic heterocycles. The van der Waals surface area contributed by atoms with Crippen LogP contribution in [0.2, 0.25) is 0 Å². The normalized spacial score (nSPS) is 23.9. The third-order valence-electron chi connectivity index (χ3n) is 5.99. The van der Waals surface area contributed by atoms with Gasteiger partial charge in [0.2, 0.25) is 0 Å². The average Bonchev–Trinajstić information content (AvgIpc) is 2.88. The molecule has 36 heavy (non-hydrogen) atoms. The molecule has 0 unspecified atom stereocenters. The minimum atomic E-state index is -1.62. The predicted molar refractivity (Wildman–Crippen MR) is 130 cm³/mol. The zero-order valence-electron chi connectivity index (χ0n) is 20.9. The zero-order chi connectivity index (χ0) is 26.2. The number of aliphatic hydroxyl groups is 4. The summed E-state index contributed by atoms with van der Waals surface area (Å²) in [4.78, 5) is 12.3. The first-order chi connectivity index (χ1) is 17.2. The summed E-state index contributed by atoms with van der Waals surface area (Å²) in [7, 11) is 0. The summed E-state index contributed by atoms with van der Waals surface area (Å²) in [6.45, 7) is 5.07. The molecule has 0 saturated carbocycles. The van der Waals surface area contributed by atoms with Crippen molar-refractivity contribution < 1.29 is 44.2 Å². The molecule has 9 nitrogen and oxygen atoms in total. The van der Waals surface area contributed by atoms with E-state index in [2.05, 4.69) is 19.1 Å². The Kier molecular flexibility index (Phi) is 10.1. The first kappa shape index (κ1) is 27.9. The van der Waals surface area contributed by atoms with E-state index >= 15 is 0 Å². The van der Waals surface area contributed by atoms with E-state index in [1.807, 2.05) is 32.0 Å². The summed E-state index contributed by atoms with van der Waals surface area (Å²) in [6.07, 6.45) is -6.63. The molecule has 5 atom stereocenters. The van der Waals surface area contributed by atoms with Gasteiger partial charge in [-0.1, -0.05) is 57.2 Å². The molecule has 9 heteroatoms. The fourth-order valence-electron chi connectivity index (χ4n) is 3.91. The molecule has 2 aromatic rings. The van der Waals surface area contributed by atoms with Crippen LogP contribution in [0.1, 0.15) is 43.0 Å². The van der Waals surface area contributed by atoms with Crippen LogP contribution in [0.25, 0.3) is 0 Å². The lowest BCUT2D eigenvalue weighted by Crippen LogP contribution is -2.61. The molecule has 1 saturated heterocycles. The van der Waals surface area contributed by atoms with E-state index in [9.17, 15) is 25.2 Å². The van der Waals surface area contributed by atoms with Crippen molar-refractivity contribution in [2.75, 3.05) is 13.2 Å². The zero-order valence-corrected chi connectivity index (χ0v) is 20.9. The minimum absolute atomic E-state index is 0.0650. The fraction of sp³-hybridized carbons (Fsp3) is 0.519. The smallest absolute Gasteiger partial charge is 0.481 e. The Morgan fingerprint density at radius 1 is 1.00 bits per heavy atom. The Labute approximate surface area is 211 Å². The molecule has 0 aromatic heterocycles. The van der Waals surface area contributed by atoms with Crippen LogP contribution in [0.4, 0.5) is 4.79 Å².